The quantitative estimate of drug-likeness (QED) is 0.784. The van der Waals surface area contributed by atoms with E-state index in [-0.39, 0.29) is 11.6 Å². The number of halogens is 1. The molecule has 0 N–H and O–H groups in total. The molecule has 20 heavy (non-hydrogen) atoms. The van der Waals surface area contributed by atoms with Crippen LogP contribution in [0.5, 0.6) is 0 Å². The van der Waals surface area contributed by atoms with Crippen LogP contribution in [0.3, 0.4) is 0 Å². The predicted molar refractivity (Wildman–Crippen MR) is 75.9 cm³/mol. The van der Waals surface area contributed by atoms with E-state index >= 15 is 0 Å². The normalized spacial score (nSPS) is 10.3. The predicted octanol–water partition coefficient (Wildman–Crippen LogP) is 2.93. The van der Waals surface area contributed by atoms with Gasteiger partial charge in [-0.05, 0) is 30.5 Å². The monoisotopic (exact) mass is 272 g/mol. The summed E-state index contributed by atoms with van der Waals surface area (Å²) in [5, 5.41) is 0. The van der Waals surface area contributed by atoms with Crippen molar-refractivity contribution < 1.29 is 9.18 Å². The first kappa shape index (κ1) is 14.2. The molecule has 0 aliphatic rings. The molecule has 0 bridgehead atoms. The second-order valence-corrected chi connectivity index (χ2v) is 4.66. The van der Waals surface area contributed by atoms with Crippen molar-refractivity contribution in [2.24, 2.45) is 0 Å². The number of carbonyl (C=O) groups is 1. The van der Waals surface area contributed by atoms with Gasteiger partial charge in [0.25, 0.3) is 5.91 Å². The maximum Gasteiger partial charge on any atom is 0.272 e. The molecule has 1 aromatic carbocycles. The van der Waals surface area contributed by atoms with Gasteiger partial charge in [-0.2, -0.15) is 4.39 Å². The molecule has 1 amide bonds. The van der Waals surface area contributed by atoms with Gasteiger partial charge in [-0.3, -0.25) is 4.79 Å². The lowest BCUT2D eigenvalue weighted by Gasteiger charge is -2.16. The van der Waals surface area contributed by atoms with E-state index < -0.39 is 5.95 Å². The van der Waals surface area contributed by atoms with E-state index in [4.69, 9.17) is 0 Å². The highest BCUT2D eigenvalue weighted by molar-refractivity contribution is 5.92. The van der Waals surface area contributed by atoms with Crippen LogP contribution < -0.4 is 0 Å². The topological polar surface area (TPSA) is 33.2 Å². The van der Waals surface area contributed by atoms with E-state index in [1.54, 1.807) is 11.9 Å². The van der Waals surface area contributed by atoms with Crippen molar-refractivity contribution in [3.8, 4) is 0 Å². The minimum absolute atomic E-state index is 0.146. The highest BCUT2D eigenvalue weighted by atomic mass is 19.1. The zero-order chi connectivity index (χ0) is 14.4. The van der Waals surface area contributed by atoms with Gasteiger partial charge < -0.3 is 4.90 Å². The highest BCUT2D eigenvalue weighted by Crippen LogP contribution is 2.06. The van der Waals surface area contributed by atoms with Gasteiger partial charge in [0.2, 0.25) is 5.95 Å². The van der Waals surface area contributed by atoms with E-state index in [1.807, 2.05) is 18.2 Å². The first-order chi connectivity index (χ1) is 9.66. The van der Waals surface area contributed by atoms with Crippen LogP contribution in [0.1, 0.15) is 22.5 Å². The molecule has 4 heteroatoms. The number of aryl methyl sites for hydroxylation is 1. The SMILES string of the molecule is CN(CCCc1ccccc1)C(=O)c1cccc(F)n1. The first-order valence-electron chi connectivity index (χ1n) is 6.59. The lowest BCUT2D eigenvalue weighted by atomic mass is 10.1. The third-order valence-electron chi connectivity index (χ3n) is 3.08. The van der Waals surface area contributed by atoms with E-state index in [1.165, 1.54) is 23.8 Å². The van der Waals surface area contributed by atoms with Crippen LogP contribution in [-0.2, 0) is 6.42 Å². The van der Waals surface area contributed by atoms with Gasteiger partial charge in [0.15, 0.2) is 0 Å². The van der Waals surface area contributed by atoms with Crippen molar-refractivity contribution in [1.29, 1.82) is 0 Å². The van der Waals surface area contributed by atoms with Gasteiger partial charge >= 0.3 is 0 Å². The van der Waals surface area contributed by atoms with E-state index in [2.05, 4.69) is 17.1 Å². The minimum Gasteiger partial charge on any atom is -0.340 e. The molecule has 1 aromatic heterocycles. The maximum atomic E-state index is 13.0. The lowest BCUT2D eigenvalue weighted by molar-refractivity contribution is 0.0786. The number of hydrogen-bond donors (Lipinski definition) is 0. The van der Waals surface area contributed by atoms with Crippen molar-refractivity contribution in [1.82, 2.24) is 9.88 Å². The lowest BCUT2D eigenvalue weighted by Crippen LogP contribution is -2.28. The number of aromatic nitrogens is 1. The fraction of sp³-hybridized carbons (Fsp3) is 0.250. The van der Waals surface area contributed by atoms with Crippen molar-refractivity contribution in [3.63, 3.8) is 0 Å². The summed E-state index contributed by atoms with van der Waals surface area (Å²) in [5.74, 6) is -0.883. The summed E-state index contributed by atoms with van der Waals surface area (Å²) in [7, 11) is 1.71. The zero-order valence-electron chi connectivity index (χ0n) is 11.4. The Kier molecular flexibility index (Phi) is 4.82. The summed E-state index contributed by atoms with van der Waals surface area (Å²) >= 11 is 0. The number of nitrogens with zero attached hydrogens (tertiary/aromatic N) is 2. The second-order valence-electron chi connectivity index (χ2n) is 4.66. The van der Waals surface area contributed by atoms with Crippen LogP contribution >= 0.6 is 0 Å². The van der Waals surface area contributed by atoms with Crippen molar-refractivity contribution >= 4 is 5.91 Å². The molecule has 0 aliphatic heterocycles. The number of carbonyl (C=O) groups excluding carboxylic acids is 1. The Hall–Kier alpha value is -2.23. The molecule has 0 saturated carbocycles. The number of benzene rings is 1. The first-order valence-corrected chi connectivity index (χ1v) is 6.59. The molecule has 0 radical (unpaired) electrons. The van der Waals surface area contributed by atoms with Gasteiger partial charge in [0.1, 0.15) is 5.69 Å². The number of hydrogen-bond acceptors (Lipinski definition) is 2. The number of amides is 1. The summed E-state index contributed by atoms with van der Waals surface area (Å²) < 4.78 is 13.0. The standard InChI is InChI=1S/C16H17FN2O/c1-19(12-6-9-13-7-3-2-4-8-13)16(20)14-10-5-11-15(17)18-14/h2-5,7-8,10-11H,6,9,12H2,1H3. The van der Waals surface area contributed by atoms with Crippen LogP contribution in [0.25, 0.3) is 0 Å². The van der Waals surface area contributed by atoms with E-state index in [0.29, 0.717) is 6.54 Å². The average Bonchev–Trinajstić information content (AvgIpc) is 2.47. The Morgan fingerprint density at radius 3 is 2.60 bits per heavy atom. The van der Waals surface area contributed by atoms with Crippen LogP contribution in [0.2, 0.25) is 0 Å². The summed E-state index contributed by atoms with van der Waals surface area (Å²) in [5.41, 5.74) is 1.39. The Labute approximate surface area is 118 Å². The smallest absolute Gasteiger partial charge is 0.272 e. The largest absolute Gasteiger partial charge is 0.340 e. The molecule has 0 unspecified atom stereocenters. The van der Waals surface area contributed by atoms with E-state index in [0.717, 1.165) is 12.8 Å². The fourth-order valence-corrected chi connectivity index (χ4v) is 1.99. The molecule has 0 saturated heterocycles. The number of pyridine rings is 1. The molecule has 0 spiro atoms. The molecule has 2 rings (SSSR count). The molecule has 1 heterocycles. The highest BCUT2D eigenvalue weighted by Gasteiger charge is 2.13. The Morgan fingerprint density at radius 1 is 1.15 bits per heavy atom. The summed E-state index contributed by atoms with van der Waals surface area (Å²) in [4.78, 5) is 17.2. The summed E-state index contributed by atoms with van der Waals surface area (Å²) in [6.07, 6.45) is 1.77. The minimum atomic E-state index is -0.631. The van der Waals surface area contributed by atoms with Crippen molar-refractivity contribution in [3.05, 3.63) is 65.7 Å². The average molecular weight is 272 g/mol. The van der Waals surface area contributed by atoms with Gasteiger partial charge in [0, 0.05) is 13.6 Å². The summed E-state index contributed by atoms with van der Waals surface area (Å²) in [6, 6.07) is 14.4. The fourth-order valence-electron chi connectivity index (χ4n) is 1.99. The van der Waals surface area contributed by atoms with E-state index in [9.17, 15) is 9.18 Å². The number of rotatable bonds is 5. The Morgan fingerprint density at radius 2 is 1.90 bits per heavy atom. The molecule has 0 atom stereocenters. The molecule has 3 nitrogen and oxygen atoms in total. The van der Waals surface area contributed by atoms with Gasteiger partial charge in [-0.15, -0.1) is 0 Å². The third kappa shape index (κ3) is 3.88. The van der Waals surface area contributed by atoms with Crippen LogP contribution in [-0.4, -0.2) is 29.4 Å². The summed E-state index contributed by atoms with van der Waals surface area (Å²) in [6.45, 7) is 0.617. The van der Waals surface area contributed by atoms with Gasteiger partial charge in [-0.25, -0.2) is 4.98 Å². The molecular weight excluding hydrogens is 255 g/mol. The Balaban J connectivity index is 1.85. The zero-order valence-corrected chi connectivity index (χ0v) is 11.4. The van der Waals surface area contributed by atoms with Crippen molar-refractivity contribution in [2.75, 3.05) is 13.6 Å². The third-order valence-corrected chi connectivity index (χ3v) is 3.08. The van der Waals surface area contributed by atoms with Crippen molar-refractivity contribution in [2.45, 2.75) is 12.8 Å². The Bertz CT molecular complexity index is 572. The van der Waals surface area contributed by atoms with Gasteiger partial charge in [-0.1, -0.05) is 36.4 Å². The molecular formula is C16H17FN2O. The second kappa shape index (κ2) is 6.80. The van der Waals surface area contributed by atoms with Crippen LogP contribution in [0.4, 0.5) is 4.39 Å². The molecule has 0 aliphatic carbocycles. The maximum absolute atomic E-state index is 13.0. The van der Waals surface area contributed by atoms with Crippen LogP contribution in [0, 0.1) is 5.95 Å². The molecule has 2 aromatic rings. The molecule has 0 fully saturated rings. The molecule has 104 valence electrons. The van der Waals surface area contributed by atoms with Crippen LogP contribution in [0.15, 0.2) is 48.5 Å². The van der Waals surface area contributed by atoms with Gasteiger partial charge in [0.05, 0.1) is 0 Å².